The fourth-order valence-electron chi connectivity index (χ4n) is 15.2. The molecule has 0 saturated heterocycles. The summed E-state index contributed by atoms with van der Waals surface area (Å²) in [6.45, 7) is 60.8. The first-order chi connectivity index (χ1) is 54.8. The number of aromatic hydroxyl groups is 6. The van der Waals surface area contributed by atoms with Crippen molar-refractivity contribution in [3.63, 3.8) is 0 Å². The maximum absolute atomic E-state index is 14.0. The maximum atomic E-state index is 14.0. The van der Waals surface area contributed by atoms with Crippen LogP contribution in [-0.4, -0.2) is 88.2 Å². The summed E-state index contributed by atoms with van der Waals surface area (Å²) < 4.78 is 12.6. The van der Waals surface area contributed by atoms with E-state index in [2.05, 4.69) is 95.2 Å². The molecule has 0 saturated carbocycles. The zero-order chi connectivity index (χ0) is 91.3. The monoisotopic (exact) mass is 1640 g/mol. The number of esters is 2. The lowest BCUT2D eigenvalue weighted by molar-refractivity contribution is -0.139. The van der Waals surface area contributed by atoms with Gasteiger partial charge < -0.3 is 60.5 Å². The van der Waals surface area contributed by atoms with E-state index in [4.69, 9.17) is 19.7 Å². The lowest BCUT2D eigenvalue weighted by Gasteiger charge is -2.33. The number of benzene rings is 9. The van der Waals surface area contributed by atoms with Gasteiger partial charge in [-0.15, -0.1) is 0 Å². The standard InChI is InChI=1S/C54H66O6.2C24H32O4.C2H6O2/c1-31-21-37(45(55)41(25-31)51(5,6)7)29-39-23-33(3)27-43(53(11,12)13)47(39)59-49(57)35-17-19-36(20-18-35)50(58)60-48-40(24-34(4)28-44(48)54(14,15)16)30-38-22-32(2)26-42(46(38)56)52(8,9)10;2*1-22(2,3)17-12-15(8-10-19(17)25)24(7,14-21(27)28)16-9-11-20(26)18(13-16)23(4,5)6;3-1-2-4/h17-28,55-56H,29-30H2,1-16H3;2*8-13,25-26H,14H2,1-7H3,(H,27,28);3-4H,1-2H2. The minimum absolute atomic E-state index is 0.101. The number of carboxylic acid groups (broad SMARTS) is 2. The summed E-state index contributed by atoms with van der Waals surface area (Å²) in [4.78, 5) is 51.5. The Balaban J connectivity index is 0.000000308. The lowest BCUT2D eigenvalue weighted by atomic mass is 9.70. The Hall–Kier alpha value is -10.4. The van der Waals surface area contributed by atoms with Crippen LogP contribution in [0, 0.1) is 27.7 Å². The van der Waals surface area contributed by atoms with Gasteiger partial charge in [0.25, 0.3) is 0 Å². The van der Waals surface area contributed by atoms with Crippen molar-refractivity contribution in [2.75, 3.05) is 13.2 Å². The Morgan fingerprint density at radius 1 is 0.275 bits per heavy atom. The van der Waals surface area contributed by atoms with Crippen molar-refractivity contribution in [2.45, 2.75) is 288 Å². The third-order valence-corrected chi connectivity index (χ3v) is 21.9. The number of aliphatic hydroxyl groups excluding tert-OH is 2. The SMILES string of the molecule is CC(C)(C)c1cc(C(C)(CC(=O)O)c2ccc(O)c(C(C)(C)C)c2)ccc1O.CC(C)(C)c1cc(C(C)(CC(=O)O)c2ccc(O)c(C(C)(C)C)c2)ccc1O.Cc1cc(Cc2cc(C)cc(C(C)(C)C)c2OC(=O)c2ccc(C(=O)Oc3c(Cc4cc(C)cc(C(C)(C)C)c4O)cc(C)cc3C(C)(C)C)cc2)c(O)c(C(C)(C)C)c1.OCCO. The molecule has 0 spiro atoms. The van der Waals surface area contributed by atoms with Crippen LogP contribution in [-0.2, 0) is 76.6 Å². The molecule has 9 aromatic rings. The van der Waals surface area contributed by atoms with E-state index in [1.165, 1.54) is 0 Å². The molecule has 0 amide bonds. The predicted molar refractivity (Wildman–Crippen MR) is 484 cm³/mol. The number of aliphatic hydroxyl groups is 2. The van der Waals surface area contributed by atoms with Gasteiger partial charge in [-0.25, -0.2) is 9.59 Å². The summed E-state index contributed by atoms with van der Waals surface area (Å²) in [7, 11) is 0. The van der Waals surface area contributed by atoms with E-state index in [1.54, 1.807) is 72.8 Å². The smallest absolute Gasteiger partial charge is 0.343 e. The third kappa shape index (κ3) is 24.7. The molecule has 120 heavy (non-hydrogen) atoms. The molecule has 0 bridgehead atoms. The summed E-state index contributed by atoms with van der Waals surface area (Å²) in [6.07, 6.45) is 0.534. The molecule has 0 aromatic heterocycles. The molecule has 648 valence electrons. The fourth-order valence-corrected chi connectivity index (χ4v) is 15.2. The Kier molecular flexibility index (Phi) is 30.6. The van der Waals surface area contributed by atoms with Gasteiger partial charge in [0.15, 0.2) is 0 Å². The number of hydrogen-bond donors (Lipinski definition) is 10. The van der Waals surface area contributed by atoms with Crippen LogP contribution in [0.5, 0.6) is 46.0 Å². The third-order valence-electron chi connectivity index (χ3n) is 21.9. The molecule has 0 aliphatic heterocycles. The van der Waals surface area contributed by atoms with Crippen molar-refractivity contribution >= 4 is 23.9 Å². The van der Waals surface area contributed by atoms with Crippen LogP contribution in [0.1, 0.15) is 325 Å². The summed E-state index contributed by atoms with van der Waals surface area (Å²) in [5.41, 5.74) is 13.7. The summed E-state index contributed by atoms with van der Waals surface area (Å²) in [6, 6.07) is 43.9. The highest BCUT2D eigenvalue weighted by molar-refractivity contribution is 5.95. The number of phenols is 6. The van der Waals surface area contributed by atoms with Crippen LogP contribution in [0.25, 0.3) is 0 Å². The predicted octanol–water partition coefficient (Wildman–Crippen LogP) is 23.1. The molecule has 10 N–H and O–H groups in total. The molecule has 9 aromatic carbocycles. The Morgan fingerprint density at radius 3 is 0.683 bits per heavy atom. The summed E-state index contributed by atoms with van der Waals surface area (Å²) >= 11 is 0. The Labute approximate surface area is 714 Å². The summed E-state index contributed by atoms with van der Waals surface area (Å²) in [5.74, 6) is -0.669. The van der Waals surface area contributed by atoms with Crippen LogP contribution in [0.4, 0.5) is 0 Å². The molecule has 16 heteroatoms. The van der Waals surface area contributed by atoms with Crippen molar-refractivity contribution in [1.29, 1.82) is 0 Å². The van der Waals surface area contributed by atoms with E-state index in [-0.39, 0.29) is 115 Å². The molecule has 0 heterocycles. The molecule has 0 unspecified atom stereocenters. The second-order valence-electron chi connectivity index (χ2n) is 41.1. The molecule has 0 fully saturated rings. The van der Waals surface area contributed by atoms with E-state index in [1.807, 2.05) is 185 Å². The Bertz CT molecular complexity index is 4740. The van der Waals surface area contributed by atoms with E-state index < -0.39 is 34.7 Å². The molecule has 0 atom stereocenters. The molecule has 0 aliphatic carbocycles. The van der Waals surface area contributed by atoms with Gasteiger partial charge in [-0.05, 0) is 186 Å². The second kappa shape index (κ2) is 37.3. The van der Waals surface area contributed by atoms with Gasteiger partial charge in [-0.3, -0.25) is 9.59 Å². The van der Waals surface area contributed by atoms with E-state index in [9.17, 15) is 60.0 Å². The minimum Gasteiger partial charge on any atom is -0.508 e. The van der Waals surface area contributed by atoms with Crippen molar-refractivity contribution in [2.24, 2.45) is 0 Å². The highest BCUT2D eigenvalue weighted by atomic mass is 16.5. The average molecular weight is 1640 g/mol. The second-order valence-corrected chi connectivity index (χ2v) is 41.1. The van der Waals surface area contributed by atoms with Crippen LogP contribution in [0.15, 0.2) is 146 Å². The first-order valence-corrected chi connectivity index (χ1v) is 41.3. The van der Waals surface area contributed by atoms with Crippen LogP contribution < -0.4 is 9.47 Å². The van der Waals surface area contributed by atoms with Crippen molar-refractivity contribution in [1.82, 2.24) is 0 Å². The number of aliphatic carboxylic acids is 2. The summed E-state index contributed by atoms with van der Waals surface area (Å²) in [5, 5.41) is 98.8. The van der Waals surface area contributed by atoms with E-state index in [0.29, 0.717) is 24.3 Å². The highest BCUT2D eigenvalue weighted by Crippen LogP contribution is 2.48. The zero-order valence-corrected chi connectivity index (χ0v) is 77.0. The largest absolute Gasteiger partial charge is 0.508 e. The van der Waals surface area contributed by atoms with Crippen LogP contribution >= 0.6 is 0 Å². The topological polar surface area (TPSA) is 289 Å². The number of carbonyl (C=O) groups is 4. The van der Waals surface area contributed by atoms with Gasteiger partial charge in [0.2, 0.25) is 0 Å². The number of rotatable bonds is 17. The van der Waals surface area contributed by atoms with Gasteiger partial charge in [0.05, 0.1) is 37.2 Å². The number of carboxylic acids is 2. The number of carbonyl (C=O) groups excluding carboxylic acids is 2. The van der Waals surface area contributed by atoms with E-state index >= 15 is 0 Å². The Morgan fingerprint density at radius 2 is 0.483 bits per heavy atom. The number of hydrogen-bond acceptors (Lipinski definition) is 14. The molecule has 0 radical (unpaired) electrons. The van der Waals surface area contributed by atoms with Gasteiger partial charge in [-0.2, -0.15) is 0 Å². The molecular weight excluding hydrogens is 1510 g/mol. The van der Waals surface area contributed by atoms with Crippen LogP contribution in [0.2, 0.25) is 0 Å². The lowest BCUT2D eigenvalue weighted by Crippen LogP contribution is -2.28. The highest BCUT2D eigenvalue weighted by Gasteiger charge is 2.39. The van der Waals surface area contributed by atoms with Crippen molar-refractivity contribution in [3.05, 3.63) is 268 Å². The minimum atomic E-state index is -0.904. The first kappa shape index (κ1) is 98.4. The first-order valence-electron chi connectivity index (χ1n) is 41.3. The van der Waals surface area contributed by atoms with Crippen molar-refractivity contribution < 1.29 is 79.7 Å². The molecule has 9 rings (SSSR count). The van der Waals surface area contributed by atoms with Gasteiger partial charge in [0.1, 0.15) is 46.0 Å². The normalized spacial score (nSPS) is 12.4. The fraction of sp³-hybridized carbons (Fsp3) is 0.442. The van der Waals surface area contributed by atoms with Crippen LogP contribution in [0.3, 0.4) is 0 Å². The number of aryl methyl sites for hydroxylation is 4. The maximum Gasteiger partial charge on any atom is 0.343 e. The van der Waals surface area contributed by atoms with Crippen molar-refractivity contribution in [3.8, 4) is 46.0 Å². The van der Waals surface area contributed by atoms with Gasteiger partial charge in [0, 0.05) is 45.9 Å². The van der Waals surface area contributed by atoms with Gasteiger partial charge >= 0.3 is 23.9 Å². The van der Waals surface area contributed by atoms with E-state index in [0.717, 1.165) is 111 Å². The average Bonchev–Trinajstić information content (AvgIpc) is 0.765. The van der Waals surface area contributed by atoms with Gasteiger partial charge in [-0.1, -0.05) is 299 Å². The quantitative estimate of drug-likeness (QED) is 0.0299. The number of phenolic OH excluding ortho intramolecular Hbond substituents is 6. The zero-order valence-electron chi connectivity index (χ0n) is 77.0. The number of ether oxygens (including phenoxy) is 2. The molecule has 0 aliphatic rings. The molecular formula is C104H136O16. The molecule has 16 nitrogen and oxygen atoms in total.